The fourth-order valence-corrected chi connectivity index (χ4v) is 3.70. The average molecular weight is 429 g/mol. The molecule has 1 N–H and O–H groups in total. The van der Waals surface area contributed by atoms with E-state index in [1.165, 1.54) is 23.9 Å². The molecule has 1 aliphatic rings. The molecule has 2 heterocycles. The van der Waals surface area contributed by atoms with Crippen molar-refractivity contribution in [3.8, 4) is 11.4 Å². The number of nitrogens with zero attached hydrogens (tertiary/aromatic N) is 4. The summed E-state index contributed by atoms with van der Waals surface area (Å²) < 4.78 is 15.5. The summed E-state index contributed by atoms with van der Waals surface area (Å²) in [6.45, 7) is 0. The van der Waals surface area contributed by atoms with Crippen molar-refractivity contribution >= 4 is 58.1 Å². The average Bonchev–Trinajstić information content (AvgIpc) is 3.03. The Balaban J connectivity index is 1.71. The topological polar surface area (TPSA) is 55.1 Å². The molecule has 1 aromatic heterocycles. The number of hydrogen-bond donors (Lipinski definition) is 1. The van der Waals surface area contributed by atoms with Gasteiger partial charge in [-0.15, -0.1) is 10.2 Å². The second kappa shape index (κ2) is 7.08. The smallest absolute Gasteiger partial charge is 0.211 e. The van der Waals surface area contributed by atoms with Crippen LogP contribution in [0.15, 0.2) is 46.5 Å². The summed E-state index contributed by atoms with van der Waals surface area (Å²) in [5.74, 6) is 1.07. The van der Waals surface area contributed by atoms with Gasteiger partial charge in [-0.1, -0.05) is 46.6 Å². The maximum absolute atomic E-state index is 13.9. The van der Waals surface area contributed by atoms with Gasteiger partial charge in [0.15, 0.2) is 5.82 Å². The molecular weight excluding hydrogens is 420 g/mol. The molecule has 26 heavy (non-hydrogen) atoms. The minimum Gasteiger partial charge on any atom is -0.276 e. The molecule has 0 spiro atoms. The summed E-state index contributed by atoms with van der Waals surface area (Å²) in [4.78, 5) is 4.55. The summed E-state index contributed by atoms with van der Waals surface area (Å²) in [7, 11) is 0. The van der Waals surface area contributed by atoms with Gasteiger partial charge in [-0.2, -0.15) is 0 Å². The van der Waals surface area contributed by atoms with Gasteiger partial charge in [-0.25, -0.2) is 14.1 Å². The van der Waals surface area contributed by atoms with Crippen LogP contribution in [0.4, 0.5) is 10.1 Å². The van der Waals surface area contributed by atoms with E-state index in [0.717, 1.165) is 5.69 Å². The van der Waals surface area contributed by atoms with E-state index in [2.05, 4.69) is 20.6 Å². The summed E-state index contributed by atoms with van der Waals surface area (Å²) in [5, 5.41) is 9.72. The molecule has 0 saturated carbocycles. The van der Waals surface area contributed by atoms with Crippen LogP contribution in [0.3, 0.4) is 0 Å². The molecule has 2 aromatic carbocycles. The van der Waals surface area contributed by atoms with Crippen molar-refractivity contribution in [1.29, 1.82) is 0 Å². The molecule has 0 radical (unpaired) electrons. The van der Waals surface area contributed by atoms with Gasteiger partial charge in [0, 0.05) is 10.6 Å². The van der Waals surface area contributed by atoms with Crippen LogP contribution in [-0.2, 0) is 0 Å². The van der Waals surface area contributed by atoms with E-state index in [1.807, 2.05) is 12.1 Å². The quantitative estimate of drug-likeness (QED) is 0.553. The van der Waals surface area contributed by atoms with E-state index in [9.17, 15) is 4.39 Å². The number of halogens is 4. The van der Waals surface area contributed by atoms with Gasteiger partial charge in [-0.05, 0) is 36.4 Å². The first-order chi connectivity index (χ1) is 12.5. The lowest BCUT2D eigenvalue weighted by Crippen LogP contribution is -2.30. The molecule has 0 atom stereocenters. The Bertz CT molecular complexity index is 1020. The number of nitrogens with one attached hydrogen (secondary N) is 1. The van der Waals surface area contributed by atoms with Gasteiger partial charge in [0.25, 0.3) is 0 Å². The van der Waals surface area contributed by atoms with Gasteiger partial charge in [0.2, 0.25) is 5.16 Å². The number of fused-ring (bicyclic) bond motifs is 1. The molecule has 5 nitrogen and oxygen atoms in total. The zero-order valence-corrected chi connectivity index (χ0v) is 16.0. The third kappa shape index (κ3) is 3.40. The number of aromatic nitrogens is 3. The largest absolute Gasteiger partial charge is 0.276 e. The van der Waals surface area contributed by atoms with Crippen LogP contribution >= 0.6 is 46.6 Å². The monoisotopic (exact) mass is 427 g/mol. The van der Waals surface area contributed by atoms with Crippen molar-refractivity contribution in [1.82, 2.24) is 14.9 Å². The first-order valence-corrected chi connectivity index (χ1v) is 9.46. The summed E-state index contributed by atoms with van der Waals surface area (Å²) in [6.07, 6.45) is 0. The fraction of sp³-hybridized carbons (Fsp3) is 0.0625. The maximum atomic E-state index is 13.9. The van der Waals surface area contributed by atoms with E-state index in [4.69, 9.17) is 34.8 Å². The van der Waals surface area contributed by atoms with E-state index in [0.29, 0.717) is 33.2 Å². The van der Waals surface area contributed by atoms with Crippen molar-refractivity contribution in [2.45, 2.75) is 5.16 Å². The molecule has 1 aliphatic heterocycles. The Morgan fingerprint density at radius 2 is 1.85 bits per heavy atom. The van der Waals surface area contributed by atoms with Crippen LogP contribution in [0.5, 0.6) is 0 Å². The molecule has 0 unspecified atom stereocenters. The van der Waals surface area contributed by atoms with E-state index < -0.39 is 5.82 Å². The second-order valence-electron chi connectivity index (χ2n) is 5.32. The zero-order chi connectivity index (χ0) is 18.3. The van der Waals surface area contributed by atoms with Gasteiger partial charge in [0.05, 0.1) is 21.5 Å². The third-order valence-electron chi connectivity index (χ3n) is 3.55. The standard InChI is InChI=1S/C16H9Cl3FN5S/c17-8-1-3-9(4-2-8)21-14-7-26-16-23-22-15(25(16)24-14)10-5-13(20)12(19)6-11(10)18/h1-6H,7H2,(H,21,24). The van der Waals surface area contributed by atoms with Gasteiger partial charge in [-0.3, -0.25) is 5.43 Å². The molecule has 4 rings (SSSR count). The highest BCUT2D eigenvalue weighted by Crippen LogP contribution is 2.33. The normalized spacial score (nSPS) is 15.0. The number of hydrogen-bond acceptors (Lipinski definition) is 4. The molecule has 132 valence electrons. The van der Waals surface area contributed by atoms with E-state index >= 15 is 0 Å². The van der Waals surface area contributed by atoms with Gasteiger partial charge < -0.3 is 0 Å². The maximum Gasteiger partial charge on any atom is 0.211 e. The number of rotatable bonds is 2. The molecule has 0 aliphatic carbocycles. The van der Waals surface area contributed by atoms with Gasteiger partial charge >= 0.3 is 0 Å². The minimum atomic E-state index is -0.582. The predicted octanol–water partition coefficient (Wildman–Crippen LogP) is 5.42. The first kappa shape index (κ1) is 17.6. The molecule has 3 aromatic rings. The first-order valence-electron chi connectivity index (χ1n) is 7.34. The molecular formula is C16H9Cl3FN5S. The Morgan fingerprint density at radius 1 is 1.08 bits per heavy atom. The summed E-state index contributed by atoms with van der Waals surface area (Å²) >= 11 is 19.3. The SMILES string of the molecule is Fc1cc(-c2nnc3n2NC(=Nc2ccc(Cl)cc2)CS3)c(Cl)cc1Cl. The molecule has 0 amide bonds. The lowest BCUT2D eigenvalue weighted by molar-refractivity contribution is 0.628. The van der Waals surface area contributed by atoms with Crippen molar-refractivity contribution in [3.63, 3.8) is 0 Å². The van der Waals surface area contributed by atoms with E-state index in [1.54, 1.807) is 16.8 Å². The highest BCUT2D eigenvalue weighted by molar-refractivity contribution is 7.99. The highest BCUT2D eigenvalue weighted by Gasteiger charge is 2.23. The predicted molar refractivity (Wildman–Crippen MR) is 104 cm³/mol. The van der Waals surface area contributed by atoms with Crippen molar-refractivity contribution < 1.29 is 4.39 Å². The lowest BCUT2D eigenvalue weighted by atomic mass is 10.2. The Hall–Kier alpha value is -1.80. The molecule has 10 heteroatoms. The molecule has 0 fully saturated rings. The number of thioether (sulfide) groups is 1. The lowest BCUT2D eigenvalue weighted by Gasteiger charge is -2.19. The van der Waals surface area contributed by atoms with E-state index in [-0.39, 0.29) is 10.0 Å². The van der Waals surface area contributed by atoms with Crippen molar-refractivity contribution in [2.75, 3.05) is 11.2 Å². The third-order valence-corrected chi connectivity index (χ3v) is 5.35. The van der Waals surface area contributed by atoms with Crippen LogP contribution in [0.2, 0.25) is 15.1 Å². The van der Waals surface area contributed by atoms with Crippen molar-refractivity contribution in [2.24, 2.45) is 4.99 Å². The number of benzene rings is 2. The molecule has 0 bridgehead atoms. The highest BCUT2D eigenvalue weighted by atomic mass is 35.5. The zero-order valence-electron chi connectivity index (χ0n) is 12.9. The number of aliphatic imine (C=N–C) groups is 1. The van der Waals surface area contributed by atoms with Crippen molar-refractivity contribution in [3.05, 3.63) is 57.3 Å². The van der Waals surface area contributed by atoms with Crippen LogP contribution in [-0.4, -0.2) is 26.5 Å². The Kier molecular flexibility index (Phi) is 4.79. The minimum absolute atomic E-state index is 0.0514. The molecule has 0 saturated heterocycles. The number of amidine groups is 1. The van der Waals surface area contributed by atoms with Crippen LogP contribution in [0, 0.1) is 5.82 Å². The fourth-order valence-electron chi connectivity index (χ4n) is 2.36. The van der Waals surface area contributed by atoms with Crippen LogP contribution < -0.4 is 5.43 Å². The second-order valence-corrected chi connectivity index (χ2v) is 7.52. The Labute approximate surface area is 167 Å². The Morgan fingerprint density at radius 3 is 2.62 bits per heavy atom. The summed E-state index contributed by atoms with van der Waals surface area (Å²) in [5.41, 5.74) is 4.28. The summed E-state index contributed by atoms with van der Waals surface area (Å²) in [6, 6.07) is 9.74. The van der Waals surface area contributed by atoms with Crippen LogP contribution in [0.25, 0.3) is 11.4 Å². The van der Waals surface area contributed by atoms with Gasteiger partial charge in [0.1, 0.15) is 11.7 Å². The van der Waals surface area contributed by atoms with Crippen LogP contribution in [0.1, 0.15) is 0 Å².